The van der Waals surface area contributed by atoms with E-state index in [1.807, 2.05) is 12.1 Å². The van der Waals surface area contributed by atoms with Crippen LogP contribution in [0.4, 0.5) is 11.5 Å². The Morgan fingerprint density at radius 1 is 1.24 bits per heavy atom. The zero-order valence-corrected chi connectivity index (χ0v) is 11.3. The van der Waals surface area contributed by atoms with Crippen molar-refractivity contribution in [3.05, 3.63) is 36.3 Å². The van der Waals surface area contributed by atoms with E-state index in [1.54, 1.807) is 6.07 Å². The number of hydrogen-bond donors (Lipinski definition) is 1. The van der Waals surface area contributed by atoms with Gasteiger partial charge in [-0.2, -0.15) is 0 Å². The number of fused-ring (bicyclic) bond motifs is 1. The van der Waals surface area contributed by atoms with Crippen LogP contribution in [0, 0.1) is 0 Å². The molecule has 7 heteroatoms. The number of carbonyl (C=O) groups is 1. The standard InChI is InChI=1S/C14H13N3O4/c1-19-14(18)10-7-15-8-13(17-10)16-9-2-3-11-12(6-9)21-5-4-20-11/h2-3,6-8H,4-5H2,1H3,(H,16,17). The van der Waals surface area contributed by atoms with E-state index in [0.29, 0.717) is 30.5 Å². The molecule has 1 aliphatic heterocycles. The van der Waals surface area contributed by atoms with Crippen LogP contribution in [0.5, 0.6) is 11.5 Å². The summed E-state index contributed by atoms with van der Waals surface area (Å²) >= 11 is 0. The first-order valence-corrected chi connectivity index (χ1v) is 6.33. The molecule has 0 aliphatic carbocycles. The van der Waals surface area contributed by atoms with Gasteiger partial charge in [-0.3, -0.25) is 4.98 Å². The first-order valence-electron chi connectivity index (χ1n) is 6.33. The van der Waals surface area contributed by atoms with Crippen LogP contribution < -0.4 is 14.8 Å². The summed E-state index contributed by atoms with van der Waals surface area (Å²) in [6, 6.07) is 5.45. The van der Waals surface area contributed by atoms with E-state index in [1.165, 1.54) is 19.5 Å². The number of aromatic nitrogens is 2. The van der Waals surface area contributed by atoms with Gasteiger partial charge in [0, 0.05) is 11.8 Å². The summed E-state index contributed by atoms with van der Waals surface area (Å²) in [5, 5.41) is 3.06. The zero-order valence-electron chi connectivity index (χ0n) is 11.3. The number of nitrogens with one attached hydrogen (secondary N) is 1. The highest BCUT2D eigenvalue weighted by atomic mass is 16.6. The molecule has 0 saturated carbocycles. The van der Waals surface area contributed by atoms with E-state index in [4.69, 9.17) is 9.47 Å². The summed E-state index contributed by atoms with van der Waals surface area (Å²) in [5.74, 6) is 1.28. The van der Waals surface area contributed by atoms with E-state index in [0.717, 1.165) is 5.69 Å². The molecule has 0 saturated heterocycles. The third-order valence-electron chi connectivity index (χ3n) is 2.84. The van der Waals surface area contributed by atoms with Crippen LogP contribution in [-0.4, -0.2) is 36.3 Å². The van der Waals surface area contributed by atoms with Crippen LogP contribution in [0.15, 0.2) is 30.6 Å². The van der Waals surface area contributed by atoms with Gasteiger partial charge in [-0.05, 0) is 12.1 Å². The van der Waals surface area contributed by atoms with Gasteiger partial charge < -0.3 is 19.5 Å². The molecule has 2 heterocycles. The second-order valence-electron chi connectivity index (χ2n) is 4.26. The summed E-state index contributed by atoms with van der Waals surface area (Å²) in [5.41, 5.74) is 0.899. The van der Waals surface area contributed by atoms with Crippen LogP contribution in [-0.2, 0) is 4.74 Å². The van der Waals surface area contributed by atoms with Gasteiger partial charge in [0.2, 0.25) is 0 Å². The summed E-state index contributed by atoms with van der Waals surface area (Å²) in [6.45, 7) is 1.07. The Labute approximate surface area is 120 Å². The molecule has 21 heavy (non-hydrogen) atoms. The highest BCUT2D eigenvalue weighted by Gasteiger charge is 2.13. The molecule has 0 radical (unpaired) electrons. The number of ether oxygens (including phenoxy) is 3. The van der Waals surface area contributed by atoms with Gasteiger partial charge in [-0.1, -0.05) is 0 Å². The van der Waals surface area contributed by atoms with E-state index in [9.17, 15) is 4.79 Å². The minimum absolute atomic E-state index is 0.139. The average Bonchev–Trinajstić information content (AvgIpc) is 2.54. The molecule has 3 rings (SSSR count). The molecule has 1 aliphatic rings. The summed E-state index contributed by atoms with van der Waals surface area (Å²) < 4.78 is 15.6. The molecule has 0 amide bonds. The van der Waals surface area contributed by atoms with Gasteiger partial charge in [-0.25, -0.2) is 9.78 Å². The molecular weight excluding hydrogens is 274 g/mol. The molecule has 1 aromatic heterocycles. The molecule has 0 fully saturated rings. The van der Waals surface area contributed by atoms with Crippen LogP contribution in [0.1, 0.15) is 10.5 Å². The highest BCUT2D eigenvalue weighted by molar-refractivity contribution is 5.87. The third kappa shape index (κ3) is 2.86. The van der Waals surface area contributed by atoms with E-state index in [-0.39, 0.29) is 5.69 Å². The lowest BCUT2D eigenvalue weighted by Crippen LogP contribution is -2.15. The number of rotatable bonds is 3. The van der Waals surface area contributed by atoms with Gasteiger partial charge in [0.1, 0.15) is 19.0 Å². The Bertz CT molecular complexity index is 675. The minimum atomic E-state index is -0.534. The Hall–Kier alpha value is -2.83. The molecule has 0 spiro atoms. The molecule has 0 unspecified atom stereocenters. The normalized spacial score (nSPS) is 12.6. The molecule has 0 bridgehead atoms. The van der Waals surface area contributed by atoms with Crippen molar-refractivity contribution in [3.63, 3.8) is 0 Å². The first-order chi connectivity index (χ1) is 10.3. The number of benzene rings is 1. The van der Waals surface area contributed by atoms with Crippen molar-refractivity contribution in [1.82, 2.24) is 9.97 Å². The van der Waals surface area contributed by atoms with Crippen molar-refractivity contribution in [2.75, 3.05) is 25.6 Å². The number of carbonyl (C=O) groups excluding carboxylic acids is 1. The fourth-order valence-corrected chi connectivity index (χ4v) is 1.90. The van der Waals surface area contributed by atoms with Crippen LogP contribution >= 0.6 is 0 Å². The fraction of sp³-hybridized carbons (Fsp3) is 0.214. The monoisotopic (exact) mass is 287 g/mol. The van der Waals surface area contributed by atoms with Crippen LogP contribution in [0.3, 0.4) is 0 Å². The Morgan fingerprint density at radius 2 is 2.05 bits per heavy atom. The van der Waals surface area contributed by atoms with Gasteiger partial charge in [0.25, 0.3) is 0 Å². The Balaban J connectivity index is 1.82. The quantitative estimate of drug-likeness (QED) is 0.861. The largest absolute Gasteiger partial charge is 0.486 e. The maximum Gasteiger partial charge on any atom is 0.358 e. The van der Waals surface area contributed by atoms with Crippen molar-refractivity contribution >= 4 is 17.5 Å². The molecule has 0 atom stereocenters. The Morgan fingerprint density at radius 3 is 2.86 bits per heavy atom. The molecule has 1 aromatic carbocycles. The topological polar surface area (TPSA) is 82.6 Å². The zero-order chi connectivity index (χ0) is 14.7. The van der Waals surface area contributed by atoms with Crippen molar-refractivity contribution in [2.45, 2.75) is 0 Å². The van der Waals surface area contributed by atoms with Crippen LogP contribution in [0.2, 0.25) is 0 Å². The van der Waals surface area contributed by atoms with Crippen molar-refractivity contribution < 1.29 is 19.0 Å². The van der Waals surface area contributed by atoms with Gasteiger partial charge in [-0.15, -0.1) is 0 Å². The predicted molar refractivity (Wildman–Crippen MR) is 74.1 cm³/mol. The van der Waals surface area contributed by atoms with E-state index >= 15 is 0 Å². The molecule has 7 nitrogen and oxygen atoms in total. The van der Waals surface area contributed by atoms with Crippen molar-refractivity contribution in [3.8, 4) is 11.5 Å². The predicted octanol–water partition coefficient (Wildman–Crippen LogP) is 1.78. The summed E-state index contributed by atoms with van der Waals surface area (Å²) in [6.07, 6.45) is 2.87. The minimum Gasteiger partial charge on any atom is -0.486 e. The second-order valence-corrected chi connectivity index (χ2v) is 4.26. The molecule has 1 N–H and O–H groups in total. The van der Waals surface area contributed by atoms with Crippen molar-refractivity contribution in [1.29, 1.82) is 0 Å². The number of methoxy groups -OCH3 is 1. The smallest absolute Gasteiger partial charge is 0.358 e. The van der Waals surface area contributed by atoms with Gasteiger partial charge >= 0.3 is 5.97 Å². The first kappa shape index (κ1) is 13.2. The Kier molecular flexibility index (Phi) is 3.55. The second kappa shape index (κ2) is 5.66. The molecule has 108 valence electrons. The number of anilines is 2. The van der Waals surface area contributed by atoms with Crippen LogP contribution in [0.25, 0.3) is 0 Å². The van der Waals surface area contributed by atoms with E-state index < -0.39 is 5.97 Å². The lowest BCUT2D eigenvalue weighted by molar-refractivity contribution is 0.0593. The van der Waals surface area contributed by atoms with Crippen molar-refractivity contribution in [2.24, 2.45) is 0 Å². The highest BCUT2D eigenvalue weighted by Crippen LogP contribution is 2.33. The lowest BCUT2D eigenvalue weighted by atomic mass is 10.2. The maximum absolute atomic E-state index is 11.4. The molecule has 2 aromatic rings. The fourth-order valence-electron chi connectivity index (χ4n) is 1.90. The van der Waals surface area contributed by atoms with Gasteiger partial charge in [0.05, 0.1) is 19.5 Å². The van der Waals surface area contributed by atoms with Gasteiger partial charge in [0.15, 0.2) is 17.2 Å². The summed E-state index contributed by atoms with van der Waals surface area (Å²) in [4.78, 5) is 19.5. The SMILES string of the molecule is COC(=O)c1cncc(Nc2ccc3c(c2)OCCO3)n1. The van der Waals surface area contributed by atoms with E-state index in [2.05, 4.69) is 20.0 Å². The number of esters is 1. The number of hydrogen-bond acceptors (Lipinski definition) is 7. The maximum atomic E-state index is 11.4. The average molecular weight is 287 g/mol. The summed E-state index contributed by atoms with van der Waals surface area (Å²) in [7, 11) is 1.30. The lowest BCUT2D eigenvalue weighted by Gasteiger charge is -2.19. The number of nitrogens with zero attached hydrogens (tertiary/aromatic N) is 2. The third-order valence-corrected chi connectivity index (χ3v) is 2.84. The molecular formula is C14H13N3O4.